The minimum Gasteiger partial charge on any atom is -0.382 e. The summed E-state index contributed by atoms with van der Waals surface area (Å²) < 4.78 is 0. The zero-order valence-corrected chi connectivity index (χ0v) is 11.7. The van der Waals surface area contributed by atoms with Crippen LogP contribution in [0.5, 0.6) is 0 Å². The van der Waals surface area contributed by atoms with Gasteiger partial charge in [0.1, 0.15) is 0 Å². The molecule has 2 rings (SSSR count). The Bertz CT molecular complexity index is 392. The van der Waals surface area contributed by atoms with E-state index in [1.54, 1.807) is 7.05 Å². The number of hydrogen-bond acceptors (Lipinski definition) is 2. The smallest absolute Gasteiger partial charge is 0.224 e. The molecule has 0 bridgehead atoms. The molecule has 104 valence electrons. The number of anilines is 1. The van der Waals surface area contributed by atoms with Crippen LogP contribution in [0.2, 0.25) is 0 Å². The molecule has 0 atom stereocenters. The third-order valence-corrected chi connectivity index (χ3v) is 3.82. The minimum absolute atomic E-state index is 0.0597. The van der Waals surface area contributed by atoms with Gasteiger partial charge in [-0.3, -0.25) is 4.79 Å². The number of carbonyl (C=O) groups is 1. The number of nitrogens with one attached hydrogen (secondary N) is 2. The number of hydrogen-bond donors (Lipinski definition) is 2. The van der Waals surface area contributed by atoms with E-state index in [-0.39, 0.29) is 5.91 Å². The molecular formula is C16H24N2O. The van der Waals surface area contributed by atoms with Crippen LogP contribution < -0.4 is 10.6 Å². The van der Waals surface area contributed by atoms with E-state index < -0.39 is 0 Å². The van der Waals surface area contributed by atoms with E-state index in [1.807, 2.05) is 12.1 Å². The lowest BCUT2D eigenvalue weighted by atomic mass is 10.1. The Morgan fingerprint density at radius 3 is 2.32 bits per heavy atom. The molecule has 1 aromatic rings. The molecule has 0 spiro atoms. The molecule has 0 aromatic heterocycles. The molecule has 0 heterocycles. The molecule has 0 aliphatic heterocycles. The van der Waals surface area contributed by atoms with Crippen LogP contribution in [0.1, 0.15) is 44.1 Å². The van der Waals surface area contributed by atoms with Gasteiger partial charge in [0.05, 0.1) is 6.42 Å². The zero-order valence-electron chi connectivity index (χ0n) is 11.7. The number of carbonyl (C=O) groups excluding carboxylic acids is 1. The summed E-state index contributed by atoms with van der Waals surface area (Å²) in [6.07, 6.45) is 8.45. The van der Waals surface area contributed by atoms with Gasteiger partial charge in [-0.25, -0.2) is 0 Å². The first-order chi connectivity index (χ1) is 9.28. The molecular weight excluding hydrogens is 236 g/mol. The van der Waals surface area contributed by atoms with Crippen LogP contribution >= 0.6 is 0 Å². The molecule has 1 aliphatic rings. The lowest BCUT2D eigenvalue weighted by Gasteiger charge is -2.17. The van der Waals surface area contributed by atoms with Crippen LogP contribution in [0.4, 0.5) is 5.69 Å². The second kappa shape index (κ2) is 7.17. The molecule has 0 saturated heterocycles. The van der Waals surface area contributed by atoms with E-state index in [9.17, 15) is 4.79 Å². The Balaban J connectivity index is 1.88. The van der Waals surface area contributed by atoms with Gasteiger partial charge in [-0.1, -0.05) is 37.8 Å². The predicted octanol–water partition coefficient (Wildman–Crippen LogP) is 3.11. The van der Waals surface area contributed by atoms with E-state index in [4.69, 9.17) is 0 Å². The first-order valence-corrected chi connectivity index (χ1v) is 7.34. The van der Waals surface area contributed by atoms with Crippen molar-refractivity contribution >= 4 is 11.6 Å². The van der Waals surface area contributed by atoms with Gasteiger partial charge in [-0.2, -0.15) is 0 Å². The Kier molecular flexibility index (Phi) is 5.25. The summed E-state index contributed by atoms with van der Waals surface area (Å²) in [5.41, 5.74) is 2.23. The lowest BCUT2D eigenvalue weighted by Crippen LogP contribution is -2.20. The standard InChI is InChI=1S/C16H24N2O/c1-17-16(19)12-13-8-10-15(11-9-13)18-14-6-4-2-3-5-7-14/h8-11,14,18H,2-7,12H2,1H3,(H,17,19). The summed E-state index contributed by atoms with van der Waals surface area (Å²) in [6.45, 7) is 0. The van der Waals surface area contributed by atoms with Crippen molar-refractivity contribution in [2.75, 3.05) is 12.4 Å². The summed E-state index contributed by atoms with van der Waals surface area (Å²) in [5, 5.41) is 6.26. The maximum Gasteiger partial charge on any atom is 0.224 e. The Morgan fingerprint density at radius 1 is 1.11 bits per heavy atom. The maximum atomic E-state index is 11.3. The number of rotatable bonds is 4. The predicted molar refractivity (Wildman–Crippen MR) is 79.3 cm³/mol. The van der Waals surface area contributed by atoms with Crippen LogP contribution in [0.25, 0.3) is 0 Å². The minimum atomic E-state index is 0.0597. The van der Waals surface area contributed by atoms with Crippen LogP contribution in [-0.4, -0.2) is 19.0 Å². The van der Waals surface area contributed by atoms with E-state index in [0.717, 1.165) is 5.56 Å². The number of benzene rings is 1. The Labute approximate surface area is 115 Å². The highest BCUT2D eigenvalue weighted by Gasteiger charge is 2.11. The van der Waals surface area contributed by atoms with Gasteiger partial charge in [0, 0.05) is 18.8 Å². The molecule has 1 amide bonds. The van der Waals surface area contributed by atoms with Crippen molar-refractivity contribution in [1.82, 2.24) is 5.32 Å². The molecule has 3 nitrogen and oxygen atoms in total. The van der Waals surface area contributed by atoms with E-state index in [0.29, 0.717) is 12.5 Å². The first-order valence-electron chi connectivity index (χ1n) is 7.34. The van der Waals surface area contributed by atoms with Crippen molar-refractivity contribution in [2.45, 2.75) is 51.0 Å². The molecule has 3 heteroatoms. The van der Waals surface area contributed by atoms with Crippen molar-refractivity contribution < 1.29 is 4.79 Å². The highest BCUT2D eigenvalue weighted by Crippen LogP contribution is 2.21. The fourth-order valence-electron chi connectivity index (χ4n) is 2.65. The fraction of sp³-hybridized carbons (Fsp3) is 0.562. The molecule has 0 unspecified atom stereocenters. The largest absolute Gasteiger partial charge is 0.382 e. The first kappa shape index (κ1) is 13.9. The Morgan fingerprint density at radius 2 is 1.74 bits per heavy atom. The van der Waals surface area contributed by atoms with Gasteiger partial charge < -0.3 is 10.6 Å². The van der Waals surface area contributed by atoms with Crippen LogP contribution in [-0.2, 0) is 11.2 Å². The third-order valence-electron chi connectivity index (χ3n) is 3.82. The summed E-state index contributed by atoms with van der Waals surface area (Å²) in [6, 6.07) is 8.86. The van der Waals surface area contributed by atoms with Crippen LogP contribution in [0.15, 0.2) is 24.3 Å². The third kappa shape index (κ3) is 4.58. The summed E-state index contributed by atoms with van der Waals surface area (Å²) in [7, 11) is 1.67. The second-order valence-corrected chi connectivity index (χ2v) is 5.38. The summed E-state index contributed by atoms with van der Waals surface area (Å²) >= 11 is 0. The van der Waals surface area contributed by atoms with Gasteiger partial charge in [-0.15, -0.1) is 0 Å². The van der Waals surface area contributed by atoms with Gasteiger partial charge >= 0.3 is 0 Å². The molecule has 19 heavy (non-hydrogen) atoms. The van der Waals surface area contributed by atoms with Crippen LogP contribution in [0.3, 0.4) is 0 Å². The normalized spacial score (nSPS) is 16.7. The van der Waals surface area contributed by atoms with Crippen LogP contribution in [0, 0.1) is 0 Å². The summed E-state index contributed by atoms with van der Waals surface area (Å²) in [5.74, 6) is 0.0597. The second-order valence-electron chi connectivity index (χ2n) is 5.38. The average molecular weight is 260 g/mol. The average Bonchev–Trinajstić information content (AvgIpc) is 2.69. The molecule has 1 saturated carbocycles. The quantitative estimate of drug-likeness (QED) is 0.817. The molecule has 1 aliphatic carbocycles. The van der Waals surface area contributed by atoms with Crippen molar-refractivity contribution in [2.24, 2.45) is 0 Å². The van der Waals surface area contributed by atoms with Gasteiger partial charge in [0.25, 0.3) is 0 Å². The summed E-state index contributed by atoms with van der Waals surface area (Å²) in [4.78, 5) is 11.3. The lowest BCUT2D eigenvalue weighted by molar-refractivity contribution is -0.119. The van der Waals surface area contributed by atoms with Crippen molar-refractivity contribution in [1.29, 1.82) is 0 Å². The van der Waals surface area contributed by atoms with E-state index in [2.05, 4.69) is 22.8 Å². The maximum absolute atomic E-state index is 11.3. The van der Waals surface area contributed by atoms with Gasteiger partial charge in [0.2, 0.25) is 5.91 Å². The highest BCUT2D eigenvalue weighted by molar-refractivity contribution is 5.78. The molecule has 1 aromatic carbocycles. The van der Waals surface area contributed by atoms with E-state index >= 15 is 0 Å². The van der Waals surface area contributed by atoms with Gasteiger partial charge in [-0.05, 0) is 30.5 Å². The van der Waals surface area contributed by atoms with Crippen molar-refractivity contribution in [3.8, 4) is 0 Å². The Hall–Kier alpha value is -1.51. The topological polar surface area (TPSA) is 41.1 Å². The fourth-order valence-corrected chi connectivity index (χ4v) is 2.65. The van der Waals surface area contributed by atoms with Crippen molar-refractivity contribution in [3.05, 3.63) is 29.8 Å². The molecule has 1 fully saturated rings. The number of likely N-dealkylation sites (N-methyl/N-ethyl adjacent to an activating group) is 1. The number of amides is 1. The van der Waals surface area contributed by atoms with Crippen molar-refractivity contribution in [3.63, 3.8) is 0 Å². The van der Waals surface area contributed by atoms with Gasteiger partial charge in [0.15, 0.2) is 0 Å². The molecule has 0 radical (unpaired) electrons. The SMILES string of the molecule is CNC(=O)Cc1ccc(NC2CCCCCC2)cc1. The zero-order chi connectivity index (χ0) is 13.5. The highest BCUT2D eigenvalue weighted by atomic mass is 16.1. The molecule has 2 N–H and O–H groups in total. The van der Waals surface area contributed by atoms with E-state index in [1.165, 1.54) is 44.2 Å². The monoisotopic (exact) mass is 260 g/mol.